The number of halogens is 1. The van der Waals surface area contributed by atoms with Crippen molar-refractivity contribution in [3.63, 3.8) is 0 Å². The first kappa shape index (κ1) is 12.7. The number of ether oxygens (including phenoxy) is 1. The Morgan fingerprint density at radius 2 is 2.00 bits per heavy atom. The summed E-state index contributed by atoms with van der Waals surface area (Å²) in [7, 11) is 1.69. The minimum atomic E-state index is 0.0659. The summed E-state index contributed by atoms with van der Waals surface area (Å²) in [5.41, 5.74) is 8.32. The van der Waals surface area contributed by atoms with E-state index in [1.807, 2.05) is 13.0 Å². The van der Waals surface area contributed by atoms with Crippen molar-refractivity contribution in [1.82, 2.24) is 0 Å². The zero-order valence-electron chi connectivity index (χ0n) is 10.6. The molecule has 0 unspecified atom stereocenters. The van der Waals surface area contributed by atoms with Gasteiger partial charge >= 0.3 is 0 Å². The number of benzene rings is 1. The highest BCUT2D eigenvalue weighted by molar-refractivity contribution is 6.32. The van der Waals surface area contributed by atoms with Crippen molar-refractivity contribution in [1.29, 1.82) is 0 Å². The van der Waals surface area contributed by atoms with E-state index in [2.05, 4.69) is 6.07 Å². The van der Waals surface area contributed by atoms with Crippen LogP contribution in [-0.4, -0.2) is 13.7 Å². The molecule has 1 fully saturated rings. The zero-order valence-corrected chi connectivity index (χ0v) is 11.3. The van der Waals surface area contributed by atoms with Crippen LogP contribution in [0.4, 0.5) is 0 Å². The van der Waals surface area contributed by atoms with Crippen LogP contribution in [0.15, 0.2) is 12.1 Å². The third-order valence-electron chi connectivity index (χ3n) is 3.99. The van der Waals surface area contributed by atoms with Crippen molar-refractivity contribution in [2.24, 2.45) is 5.73 Å². The maximum Gasteiger partial charge on any atom is 0.119 e. The van der Waals surface area contributed by atoms with E-state index in [1.165, 1.54) is 18.4 Å². The molecule has 1 aliphatic carbocycles. The van der Waals surface area contributed by atoms with Crippen molar-refractivity contribution < 1.29 is 4.74 Å². The average molecular weight is 254 g/mol. The number of methoxy groups -OCH3 is 1. The molecule has 1 saturated carbocycles. The van der Waals surface area contributed by atoms with Gasteiger partial charge in [0.15, 0.2) is 0 Å². The van der Waals surface area contributed by atoms with Gasteiger partial charge in [0.25, 0.3) is 0 Å². The second-order valence-electron chi connectivity index (χ2n) is 5.00. The molecule has 17 heavy (non-hydrogen) atoms. The molecule has 0 bridgehead atoms. The first-order valence-corrected chi connectivity index (χ1v) is 6.55. The topological polar surface area (TPSA) is 35.2 Å². The lowest BCUT2D eigenvalue weighted by molar-refractivity contribution is 0.407. The molecule has 1 aliphatic rings. The third kappa shape index (κ3) is 2.16. The summed E-state index contributed by atoms with van der Waals surface area (Å²) in [6, 6.07) is 4.04. The van der Waals surface area contributed by atoms with E-state index in [-0.39, 0.29) is 5.41 Å². The molecule has 3 heteroatoms. The van der Waals surface area contributed by atoms with Gasteiger partial charge in [-0.2, -0.15) is 0 Å². The molecule has 2 rings (SSSR count). The zero-order chi connectivity index (χ0) is 12.5. The normalized spacial score (nSPS) is 18.4. The van der Waals surface area contributed by atoms with E-state index in [9.17, 15) is 0 Å². The van der Waals surface area contributed by atoms with Crippen LogP contribution in [0.3, 0.4) is 0 Å². The van der Waals surface area contributed by atoms with Crippen LogP contribution < -0.4 is 10.5 Å². The Hall–Kier alpha value is -0.730. The summed E-state index contributed by atoms with van der Waals surface area (Å²) in [5.74, 6) is 0.877. The predicted molar refractivity (Wildman–Crippen MR) is 71.9 cm³/mol. The molecule has 1 aromatic rings. The van der Waals surface area contributed by atoms with Crippen molar-refractivity contribution in [2.75, 3.05) is 13.7 Å². The minimum absolute atomic E-state index is 0.0659. The Morgan fingerprint density at radius 3 is 2.53 bits per heavy atom. The van der Waals surface area contributed by atoms with Crippen molar-refractivity contribution in [2.45, 2.75) is 38.0 Å². The summed E-state index contributed by atoms with van der Waals surface area (Å²) in [6.45, 7) is 2.69. The van der Waals surface area contributed by atoms with Gasteiger partial charge in [0.1, 0.15) is 5.75 Å². The number of nitrogens with two attached hydrogens (primary N) is 1. The fraction of sp³-hybridized carbons (Fsp3) is 0.571. The predicted octanol–water partition coefficient (Wildman–Crippen LogP) is 3.43. The molecule has 0 atom stereocenters. The number of rotatable bonds is 3. The summed E-state index contributed by atoms with van der Waals surface area (Å²) in [5, 5.41) is 0.859. The van der Waals surface area contributed by atoms with E-state index in [0.717, 1.165) is 29.2 Å². The molecular weight excluding hydrogens is 234 g/mol. The first-order valence-electron chi connectivity index (χ1n) is 6.17. The number of hydrogen-bond donors (Lipinski definition) is 1. The lowest BCUT2D eigenvalue weighted by atomic mass is 9.78. The van der Waals surface area contributed by atoms with Crippen LogP contribution in [0.1, 0.15) is 36.8 Å². The molecule has 0 aliphatic heterocycles. The quantitative estimate of drug-likeness (QED) is 0.896. The van der Waals surface area contributed by atoms with E-state index in [4.69, 9.17) is 22.1 Å². The van der Waals surface area contributed by atoms with E-state index >= 15 is 0 Å². The van der Waals surface area contributed by atoms with E-state index in [1.54, 1.807) is 7.11 Å². The molecule has 0 radical (unpaired) electrons. The summed E-state index contributed by atoms with van der Waals surface area (Å²) in [4.78, 5) is 0. The largest absolute Gasteiger partial charge is 0.497 e. The summed E-state index contributed by atoms with van der Waals surface area (Å²) >= 11 is 6.46. The van der Waals surface area contributed by atoms with Crippen molar-refractivity contribution >= 4 is 11.6 Å². The maximum atomic E-state index is 6.46. The molecule has 0 spiro atoms. The van der Waals surface area contributed by atoms with Crippen LogP contribution in [0.2, 0.25) is 5.02 Å². The van der Waals surface area contributed by atoms with Gasteiger partial charge in [0.2, 0.25) is 0 Å². The standard InChI is InChI=1S/C14H20ClNO/c1-10-7-11(17-2)8-12(13(10)15)14(9-16)5-3-4-6-14/h7-8H,3-6,9,16H2,1-2H3. The van der Waals surface area contributed by atoms with Gasteiger partial charge in [0.05, 0.1) is 7.11 Å². The highest BCUT2D eigenvalue weighted by Gasteiger charge is 2.36. The molecule has 94 valence electrons. The van der Waals surface area contributed by atoms with E-state index < -0.39 is 0 Å². The Balaban J connectivity index is 2.52. The van der Waals surface area contributed by atoms with Gasteiger partial charge < -0.3 is 10.5 Å². The molecule has 0 heterocycles. The van der Waals surface area contributed by atoms with Crippen LogP contribution in [0, 0.1) is 6.92 Å². The minimum Gasteiger partial charge on any atom is -0.497 e. The summed E-state index contributed by atoms with van der Waals surface area (Å²) in [6.07, 6.45) is 4.75. The van der Waals surface area contributed by atoms with Gasteiger partial charge in [-0.3, -0.25) is 0 Å². The highest BCUT2D eigenvalue weighted by Crippen LogP contribution is 2.45. The molecule has 1 aromatic carbocycles. The molecule has 0 amide bonds. The van der Waals surface area contributed by atoms with Gasteiger partial charge in [-0.15, -0.1) is 0 Å². The fourth-order valence-corrected chi connectivity index (χ4v) is 3.18. The molecular formula is C14H20ClNO. The fourth-order valence-electron chi connectivity index (χ4n) is 2.88. The highest BCUT2D eigenvalue weighted by atomic mass is 35.5. The molecule has 0 saturated heterocycles. The van der Waals surface area contributed by atoms with Gasteiger partial charge in [-0.05, 0) is 43.0 Å². The van der Waals surface area contributed by atoms with Crippen LogP contribution in [0.5, 0.6) is 5.75 Å². The first-order chi connectivity index (χ1) is 8.13. The Bertz CT molecular complexity index is 411. The van der Waals surface area contributed by atoms with Crippen LogP contribution in [-0.2, 0) is 5.41 Å². The third-order valence-corrected chi connectivity index (χ3v) is 4.49. The van der Waals surface area contributed by atoms with Crippen molar-refractivity contribution in [3.05, 3.63) is 28.3 Å². The second kappa shape index (κ2) is 4.87. The lowest BCUT2D eigenvalue weighted by Gasteiger charge is -2.30. The Labute approximate surface area is 108 Å². The average Bonchev–Trinajstić information content (AvgIpc) is 2.82. The van der Waals surface area contributed by atoms with Crippen LogP contribution in [0.25, 0.3) is 0 Å². The van der Waals surface area contributed by atoms with E-state index in [0.29, 0.717) is 6.54 Å². The number of hydrogen-bond acceptors (Lipinski definition) is 2. The molecule has 2 N–H and O–H groups in total. The van der Waals surface area contributed by atoms with Gasteiger partial charge in [-0.1, -0.05) is 24.4 Å². The molecule has 0 aromatic heterocycles. The summed E-state index contributed by atoms with van der Waals surface area (Å²) < 4.78 is 5.34. The second-order valence-corrected chi connectivity index (χ2v) is 5.38. The smallest absolute Gasteiger partial charge is 0.119 e. The molecule has 2 nitrogen and oxygen atoms in total. The van der Waals surface area contributed by atoms with Crippen molar-refractivity contribution in [3.8, 4) is 5.75 Å². The monoisotopic (exact) mass is 253 g/mol. The lowest BCUT2D eigenvalue weighted by Crippen LogP contribution is -2.32. The SMILES string of the molecule is COc1cc(C)c(Cl)c(C2(CN)CCCC2)c1. The van der Waals surface area contributed by atoms with Gasteiger partial charge in [-0.25, -0.2) is 0 Å². The van der Waals surface area contributed by atoms with Gasteiger partial charge in [0, 0.05) is 17.0 Å². The van der Waals surface area contributed by atoms with Crippen LogP contribution >= 0.6 is 11.6 Å². The number of aryl methyl sites for hydroxylation is 1. The maximum absolute atomic E-state index is 6.46. The Morgan fingerprint density at radius 1 is 1.35 bits per heavy atom. The Kier molecular flexibility index (Phi) is 3.64.